The van der Waals surface area contributed by atoms with Crippen molar-refractivity contribution in [3.63, 3.8) is 0 Å². The molecule has 1 fully saturated rings. The first kappa shape index (κ1) is 16.5. The molecule has 0 aromatic heterocycles. The molecule has 0 spiro atoms. The number of hydrogen-bond donors (Lipinski definition) is 2. The van der Waals surface area contributed by atoms with Crippen molar-refractivity contribution in [2.24, 2.45) is 5.73 Å². The minimum atomic E-state index is -0.261. The molecule has 0 aliphatic heterocycles. The van der Waals surface area contributed by atoms with Gasteiger partial charge in [-0.25, -0.2) is 0 Å². The zero-order chi connectivity index (χ0) is 16.2. The molecule has 0 radical (unpaired) electrons. The van der Waals surface area contributed by atoms with Crippen LogP contribution in [0.1, 0.15) is 48.5 Å². The lowest BCUT2D eigenvalue weighted by atomic mass is 9.97. The normalized spacial score (nSPS) is 16.3. The molecule has 120 valence electrons. The second-order valence-electron chi connectivity index (χ2n) is 6.00. The fourth-order valence-corrected chi connectivity index (χ4v) is 3.08. The van der Waals surface area contributed by atoms with E-state index in [0.717, 1.165) is 31.2 Å². The average Bonchev–Trinajstić information content (AvgIpc) is 2.96. The number of benzene rings is 1. The van der Waals surface area contributed by atoms with Crippen LogP contribution >= 0.6 is 0 Å². The van der Waals surface area contributed by atoms with Gasteiger partial charge in [0.25, 0.3) is 0 Å². The van der Waals surface area contributed by atoms with Crippen LogP contribution in [0.25, 0.3) is 0 Å². The topological polar surface area (TPSA) is 81.4 Å². The lowest BCUT2D eigenvalue weighted by molar-refractivity contribution is -0.122. The van der Waals surface area contributed by atoms with Crippen LogP contribution in [0.15, 0.2) is 18.2 Å². The number of nitrogens with two attached hydrogens (primary N) is 1. The maximum Gasteiger partial charge on any atom is 0.225 e. The smallest absolute Gasteiger partial charge is 0.225 e. The Kier molecular flexibility index (Phi) is 5.19. The van der Waals surface area contributed by atoms with Gasteiger partial charge in [-0.3, -0.25) is 9.59 Å². The number of methoxy groups -OCH3 is 1. The Morgan fingerprint density at radius 1 is 1.32 bits per heavy atom. The minimum absolute atomic E-state index is 0.0291. The minimum Gasteiger partial charge on any atom is -0.496 e. The molecule has 0 bridgehead atoms. The summed E-state index contributed by atoms with van der Waals surface area (Å²) in [5.74, 6) is 0.512. The highest BCUT2D eigenvalue weighted by atomic mass is 16.5. The van der Waals surface area contributed by atoms with E-state index in [0.29, 0.717) is 17.9 Å². The molecule has 1 aliphatic rings. The predicted molar refractivity (Wildman–Crippen MR) is 85.1 cm³/mol. The average molecular weight is 304 g/mol. The number of Topliss-reactive ketones (excluding diaryl/α,β-unsaturated/α-hetero) is 1. The van der Waals surface area contributed by atoms with E-state index in [4.69, 9.17) is 10.5 Å². The van der Waals surface area contributed by atoms with Crippen LogP contribution in [0.2, 0.25) is 0 Å². The summed E-state index contributed by atoms with van der Waals surface area (Å²) in [7, 11) is 1.56. The van der Waals surface area contributed by atoms with Crippen LogP contribution in [0, 0.1) is 0 Å². The van der Waals surface area contributed by atoms with Crippen molar-refractivity contribution in [2.75, 3.05) is 13.7 Å². The quantitative estimate of drug-likeness (QED) is 0.786. The van der Waals surface area contributed by atoms with Gasteiger partial charge in [0, 0.05) is 17.7 Å². The molecule has 0 heterocycles. The van der Waals surface area contributed by atoms with Crippen molar-refractivity contribution in [1.82, 2.24) is 5.32 Å². The Hall–Kier alpha value is -1.88. The number of carbonyl (C=O) groups is 2. The van der Waals surface area contributed by atoms with Gasteiger partial charge in [-0.15, -0.1) is 0 Å². The molecule has 3 N–H and O–H groups in total. The summed E-state index contributed by atoms with van der Waals surface area (Å²) in [6.45, 7) is 1.97. The van der Waals surface area contributed by atoms with Gasteiger partial charge in [-0.05, 0) is 38.0 Å². The molecule has 1 aromatic rings. The molecule has 1 aromatic carbocycles. The Bertz CT molecular complexity index is 563. The van der Waals surface area contributed by atoms with E-state index >= 15 is 0 Å². The maximum atomic E-state index is 12.4. The van der Waals surface area contributed by atoms with Crippen molar-refractivity contribution in [1.29, 1.82) is 0 Å². The fraction of sp³-hybridized carbons (Fsp3) is 0.529. The standard InChI is InChI=1S/C17H24N2O3/c1-12(20)13-5-6-15(22-2)14(9-13)10-16(21)19-17(11-18)7-3-4-8-17/h5-6,9H,3-4,7-8,10-11,18H2,1-2H3,(H,19,21). The maximum absolute atomic E-state index is 12.4. The summed E-state index contributed by atoms with van der Waals surface area (Å²) in [4.78, 5) is 23.9. The van der Waals surface area contributed by atoms with Gasteiger partial charge in [-0.2, -0.15) is 0 Å². The molecule has 0 atom stereocenters. The number of amides is 1. The van der Waals surface area contributed by atoms with Crippen LogP contribution in [-0.4, -0.2) is 30.9 Å². The van der Waals surface area contributed by atoms with Gasteiger partial charge in [-0.1, -0.05) is 12.8 Å². The van der Waals surface area contributed by atoms with E-state index in [-0.39, 0.29) is 23.7 Å². The summed E-state index contributed by atoms with van der Waals surface area (Å²) < 4.78 is 5.29. The summed E-state index contributed by atoms with van der Waals surface area (Å²) in [6, 6.07) is 5.17. The van der Waals surface area contributed by atoms with Gasteiger partial charge in [0.15, 0.2) is 5.78 Å². The van der Waals surface area contributed by atoms with Crippen LogP contribution in [0.4, 0.5) is 0 Å². The van der Waals surface area contributed by atoms with Gasteiger partial charge in [0.1, 0.15) is 5.75 Å². The summed E-state index contributed by atoms with van der Waals surface area (Å²) in [6.07, 6.45) is 4.24. The van der Waals surface area contributed by atoms with E-state index < -0.39 is 0 Å². The Morgan fingerprint density at radius 2 is 2.00 bits per heavy atom. The molecule has 0 saturated heterocycles. The van der Waals surface area contributed by atoms with Crippen molar-refractivity contribution < 1.29 is 14.3 Å². The lowest BCUT2D eigenvalue weighted by Gasteiger charge is -2.28. The molecule has 1 saturated carbocycles. The number of ketones is 1. The fourth-order valence-electron chi connectivity index (χ4n) is 3.08. The highest BCUT2D eigenvalue weighted by Gasteiger charge is 2.33. The third-order valence-corrected chi connectivity index (χ3v) is 4.39. The Balaban J connectivity index is 2.13. The third-order valence-electron chi connectivity index (χ3n) is 4.39. The highest BCUT2D eigenvalue weighted by Crippen LogP contribution is 2.29. The molecular formula is C17H24N2O3. The number of nitrogens with one attached hydrogen (secondary N) is 1. The Labute approximate surface area is 131 Å². The largest absolute Gasteiger partial charge is 0.496 e. The summed E-state index contributed by atoms with van der Waals surface area (Å²) in [5, 5.41) is 3.09. The second kappa shape index (κ2) is 6.92. The van der Waals surface area contributed by atoms with Gasteiger partial charge in [0.05, 0.1) is 19.1 Å². The third kappa shape index (κ3) is 3.65. The highest BCUT2D eigenvalue weighted by molar-refractivity contribution is 5.94. The summed E-state index contributed by atoms with van der Waals surface area (Å²) in [5.41, 5.74) is 6.89. The van der Waals surface area contributed by atoms with E-state index in [1.807, 2.05) is 0 Å². The Morgan fingerprint density at radius 3 is 2.55 bits per heavy atom. The SMILES string of the molecule is COc1ccc(C(C)=O)cc1CC(=O)NC1(CN)CCCC1. The molecule has 5 heteroatoms. The molecule has 5 nitrogen and oxygen atoms in total. The number of hydrogen-bond acceptors (Lipinski definition) is 4. The summed E-state index contributed by atoms with van der Waals surface area (Å²) >= 11 is 0. The van der Waals surface area contributed by atoms with Gasteiger partial charge >= 0.3 is 0 Å². The molecular weight excluding hydrogens is 280 g/mol. The van der Waals surface area contributed by atoms with Gasteiger partial charge < -0.3 is 15.8 Å². The van der Waals surface area contributed by atoms with Crippen molar-refractivity contribution >= 4 is 11.7 Å². The van der Waals surface area contributed by atoms with E-state index in [2.05, 4.69) is 5.32 Å². The molecule has 2 rings (SSSR count). The van der Waals surface area contributed by atoms with Crippen molar-refractivity contribution in [2.45, 2.75) is 44.6 Å². The molecule has 22 heavy (non-hydrogen) atoms. The molecule has 0 unspecified atom stereocenters. The van der Waals surface area contributed by atoms with Crippen LogP contribution in [0.3, 0.4) is 0 Å². The van der Waals surface area contributed by atoms with Crippen LogP contribution in [-0.2, 0) is 11.2 Å². The predicted octanol–water partition coefficient (Wildman–Crippen LogP) is 1.83. The monoisotopic (exact) mass is 304 g/mol. The molecule has 1 amide bonds. The lowest BCUT2D eigenvalue weighted by Crippen LogP contribution is -2.52. The molecule has 1 aliphatic carbocycles. The number of carbonyl (C=O) groups excluding carboxylic acids is 2. The first-order valence-electron chi connectivity index (χ1n) is 7.68. The van der Waals surface area contributed by atoms with Gasteiger partial charge in [0.2, 0.25) is 5.91 Å². The first-order valence-corrected chi connectivity index (χ1v) is 7.68. The number of rotatable bonds is 6. The van der Waals surface area contributed by atoms with Crippen LogP contribution < -0.4 is 15.8 Å². The zero-order valence-electron chi connectivity index (χ0n) is 13.3. The van der Waals surface area contributed by atoms with Crippen molar-refractivity contribution in [3.05, 3.63) is 29.3 Å². The van der Waals surface area contributed by atoms with Crippen LogP contribution in [0.5, 0.6) is 5.75 Å². The van der Waals surface area contributed by atoms with E-state index in [1.54, 1.807) is 25.3 Å². The van der Waals surface area contributed by atoms with E-state index in [9.17, 15) is 9.59 Å². The number of ether oxygens (including phenoxy) is 1. The first-order chi connectivity index (χ1) is 10.5. The second-order valence-corrected chi connectivity index (χ2v) is 6.00. The van der Waals surface area contributed by atoms with Crippen molar-refractivity contribution in [3.8, 4) is 5.75 Å². The zero-order valence-corrected chi connectivity index (χ0v) is 13.3. The van der Waals surface area contributed by atoms with E-state index in [1.165, 1.54) is 6.92 Å².